The first kappa shape index (κ1) is 22.2. The zero-order chi connectivity index (χ0) is 20.6. The third kappa shape index (κ3) is 7.35. The lowest BCUT2D eigenvalue weighted by atomic mass is 10.2. The Balaban J connectivity index is 1.36. The van der Waals surface area contributed by atoms with Crippen molar-refractivity contribution in [3.63, 3.8) is 0 Å². The Kier molecular flexibility index (Phi) is 8.43. The number of morpholine rings is 1. The van der Waals surface area contributed by atoms with Crippen molar-refractivity contribution in [1.29, 1.82) is 0 Å². The molecule has 164 valence electrons. The molecule has 1 amide bonds. The molecule has 1 atom stereocenters. The van der Waals surface area contributed by atoms with Crippen LogP contribution in [-0.2, 0) is 11.3 Å². The van der Waals surface area contributed by atoms with Crippen LogP contribution >= 0.6 is 0 Å². The number of rotatable bonds is 9. The number of β-amino-alcohol motifs (C(OH)–C–C–N with tert-alkyl or cyclic N) is 1. The number of aliphatic hydroxyl groups is 1. The van der Waals surface area contributed by atoms with Crippen LogP contribution in [-0.4, -0.2) is 109 Å². The van der Waals surface area contributed by atoms with E-state index in [1.54, 1.807) is 0 Å². The number of hydrogen-bond acceptors (Lipinski definition) is 8. The van der Waals surface area contributed by atoms with E-state index in [9.17, 15) is 9.90 Å². The number of nitrogens with one attached hydrogen (secondary N) is 1. The minimum absolute atomic E-state index is 0.187. The minimum Gasteiger partial charge on any atom is -0.447 e. The standard InChI is InChI=1S/C20H35N5O4/c1-16(2)11-21-20(27)18-15-29-19(22-18)14-24-5-3-23(4-6-24)12-17(26)13-25-7-9-28-10-8-25/h15-17,26H,3-14H2,1-2H3,(H,21,27). The van der Waals surface area contributed by atoms with Gasteiger partial charge in [-0.3, -0.25) is 19.5 Å². The summed E-state index contributed by atoms with van der Waals surface area (Å²) in [6.07, 6.45) is 1.10. The molecule has 1 unspecified atom stereocenters. The lowest BCUT2D eigenvalue weighted by Crippen LogP contribution is -2.50. The number of nitrogens with zero attached hydrogens (tertiary/aromatic N) is 4. The summed E-state index contributed by atoms with van der Waals surface area (Å²) in [5, 5.41) is 13.2. The summed E-state index contributed by atoms with van der Waals surface area (Å²) in [6.45, 7) is 13.6. The summed E-state index contributed by atoms with van der Waals surface area (Å²) in [7, 11) is 0. The van der Waals surface area contributed by atoms with Crippen molar-refractivity contribution in [2.45, 2.75) is 26.5 Å². The molecule has 0 aliphatic carbocycles. The predicted octanol–water partition coefficient (Wildman–Crippen LogP) is -0.129. The fraction of sp³-hybridized carbons (Fsp3) is 0.800. The Morgan fingerprint density at radius 2 is 1.72 bits per heavy atom. The average Bonchev–Trinajstić information content (AvgIpc) is 3.17. The monoisotopic (exact) mass is 409 g/mol. The fourth-order valence-electron chi connectivity index (χ4n) is 3.63. The van der Waals surface area contributed by atoms with Crippen molar-refractivity contribution in [3.05, 3.63) is 17.8 Å². The van der Waals surface area contributed by atoms with Gasteiger partial charge in [0.15, 0.2) is 5.69 Å². The van der Waals surface area contributed by atoms with Crippen LogP contribution in [0.3, 0.4) is 0 Å². The SMILES string of the molecule is CC(C)CNC(=O)c1coc(CN2CCN(CC(O)CN3CCOCC3)CC2)n1. The van der Waals surface area contributed by atoms with E-state index in [-0.39, 0.29) is 12.0 Å². The highest BCUT2D eigenvalue weighted by Crippen LogP contribution is 2.10. The summed E-state index contributed by atoms with van der Waals surface area (Å²) in [5.74, 6) is 0.780. The molecule has 2 aliphatic heterocycles. The quantitative estimate of drug-likeness (QED) is 0.583. The first-order valence-electron chi connectivity index (χ1n) is 10.6. The van der Waals surface area contributed by atoms with Gasteiger partial charge >= 0.3 is 0 Å². The molecule has 0 radical (unpaired) electrons. The van der Waals surface area contributed by atoms with Crippen molar-refractivity contribution >= 4 is 5.91 Å². The maximum atomic E-state index is 12.1. The van der Waals surface area contributed by atoms with Crippen LogP contribution in [0.4, 0.5) is 0 Å². The highest BCUT2D eigenvalue weighted by Gasteiger charge is 2.22. The molecule has 1 aromatic rings. The zero-order valence-corrected chi connectivity index (χ0v) is 17.7. The third-order valence-electron chi connectivity index (χ3n) is 5.32. The van der Waals surface area contributed by atoms with E-state index in [4.69, 9.17) is 9.15 Å². The molecule has 9 heteroatoms. The molecule has 2 fully saturated rings. The number of oxazole rings is 1. The molecule has 0 aromatic carbocycles. The van der Waals surface area contributed by atoms with E-state index in [1.165, 1.54) is 6.26 Å². The van der Waals surface area contributed by atoms with E-state index < -0.39 is 0 Å². The lowest BCUT2D eigenvalue weighted by molar-refractivity contribution is 0.00187. The van der Waals surface area contributed by atoms with E-state index in [0.29, 0.717) is 43.7 Å². The zero-order valence-electron chi connectivity index (χ0n) is 17.7. The van der Waals surface area contributed by atoms with Gasteiger partial charge in [-0.25, -0.2) is 4.98 Å². The third-order valence-corrected chi connectivity index (χ3v) is 5.32. The maximum absolute atomic E-state index is 12.1. The molecule has 29 heavy (non-hydrogen) atoms. The van der Waals surface area contributed by atoms with Gasteiger partial charge in [0.05, 0.1) is 25.9 Å². The Labute approximate surface area is 173 Å². The van der Waals surface area contributed by atoms with Crippen molar-refractivity contribution in [2.24, 2.45) is 5.92 Å². The Hall–Kier alpha value is -1.52. The van der Waals surface area contributed by atoms with Gasteiger partial charge in [-0.15, -0.1) is 0 Å². The second-order valence-corrected chi connectivity index (χ2v) is 8.37. The minimum atomic E-state index is -0.335. The molecule has 0 spiro atoms. The predicted molar refractivity (Wildman–Crippen MR) is 109 cm³/mol. The van der Waals surface area contributed by atoms with Crippen LogP contribution in [0, 0.1) is 5.92 Å². The normalized spacial score (nSPS) is 20.8. The molecule has 2 aliphatic rings. The van der Waals surface area contributed by atoms with Crippen molar-refractivity contribution < 1.29 is 19.1 Å². The number of aromatic nitrogens is 1. The first-order valence-corrected chi connectivity index (χ1v) is 10.6. The molecular weight excluding hydrogens is 374 g/mol. The molecule has 0 saturated carbocycles. The summed E-state index contributed by atoms with van der Waals surface area (Å²) >= 11 is 0. The smallest absolute Gasteiger partial charge is 0.273 e. The highest BCUT2D eigenvalue weighted by molar-refractivity contribution is 5.91. The van der Waals surface area contributed by atoms with Crippen LogP contribution in [0.15, 0.2) is 10.7 Å². The number of hydrogen-bond donors (Lipinski definition) is 2. The molecular formula is C20H35N5O4. The maximum Gasteiger partial charge on any atom is 0.273 e. The lowest BCUT2D eigenvalue weighted by Gasteiger charge is -2.36. The number of carbonyl (C=O) groups excluding carboxylic acids is 1. The molecule has 0 bridgehead atoms. The Morgan fingerprint density at radius 1 is 1.10 bits per heavy atom. The van der Waals surface area contributed by atoms with Crippen LogP contribution in [0.5, 0.6) is 0 Å². The van der Waals surface area contributed by atoms with Crippen molar-refractivity contribution in [2.75, 3.05) is 72.1 Å². The Bertz CT molecular complexity index is 624. The number of aliphatic hydroxyl groups excluding tert-OH is 1. The Morgan fingerprint density at radius 3 is 2.38 bits per heavy atom. The van der Waals surface area contributed by atoms with Gasteiger partial charge in [0, 0.05) is 58.9 Å². The van der Waals surface area contributed by atoms with E-state index in [1.807, 2.05) is 0 Å². The van der Waals surface area contributed by atoms with Gasteiger partial charge in [-0.2, -0.15) is 0 Å². The largest absolute Gasteiger partial charge is 0.447 e. The van der Waals surface area contributed by atoms with E-state index >= 15 is 0 Å². The first-order chi connectivity index (χ1) is 14.0. The number of carbonyl (C=O) groups is 1. The van der Waals surface area contributed by atoms with Gasteiger partial charge < -0.3 is 19.6 Å². The molecule has 3 rings (SSSR count). The summed E-state index contributed by atoms with van der Waals surface area (Å²) in [5.41, 5.74) is 0.338. The topological polar surface area (TPSA) is 94.3 Å². The van der Waals surface area contributed by atoms with Gasteiger partial charge in [-0.1, -0.05) is 13.8 Å². The second kappa shape index (κ2) is 11.0. The molecule has 9 nitrogen and oxygen atoms in total. The van der Waals surface area contributed by atoms with Gasteiger partial charge in [0.25, 0.3) is 5.91 Å². The van der Waals surface area contributed by atoms with E-state index in [0.717, 1.165) is 52.5 Å². The number of amides is 1. The van der Waals surface area contributed by atoms with Gasteiger partial charge in [0.1, 0.15) is 6.26 Å². The molecule has 2 saturated heterocycles. The fourth-order valence-corrected chi connectivity index (χ4v) is 3.63. The van der Waals surface area contributed by atoms with Gasteiger partial charge in [-0.05, 0) is 5.92 Å². The summed E-state index contributed by atoms with van der Waals surface area (Å²) in [6, 6.07) is 0. The summed E-state index contributed by atoms with van der Waals surface area (Å²) in [4.78, 5) is 23.2. The van der Waals surface area contributed by atoms with Crippen molar-refractivity contribution in [1.82, 2.24) is 25.0 Å². The number of piperazine rings is 1. The van der Waals surface area contributed by atoms with Crippen LogP contribution in [0.2, 0.25) is 0 Å². The second-order valence-electron chi connectivity index (χ2n) is 8.37. The number of ether oxygens (including phenoxy) is 1. The average molecular weight is 410 g/mol. The van der Waals surface area contributed by atoms with E-state index in [2.05, 4.69) is 38.8 Å². The summed E-state index contributed by atoms with van der Waals surface area (Å²) < 4.78 is 10.8. The van der Waals surface area contributed by atoms with Crippen LogP contribution in [0.1, 0.15) is 30.2 Å². The van der Waals surface area contributed by atoms with Crippen molar-refractivity contribution in [3.8, 4) is 0 Å². The molecule has 3 heterocycles. The van der Waals surface area contributed by atoms with Gasteiger partial charge in [0.2, 0.25) is 5.89 Å². The highest BCUT2D eigenvalue weighted by atomic mass is 16.5. The molecule has 2 N–H and O–H groups in total. The van der Waals surface area contributed by atoms with Crippen LogP contribution in [0.25, 0.3) is 0 Å². The van der Waals surface area contributed by atoms with Crippen LogP contribution < -0.4 is 5.32 Å². The molecule has 1 aromatic heterocycles.